The van der Waals surface area contributed by atoms with E-state index in [1.165, 1.54) is 4.88 Å². The Morgan fingerprint density at radius 3 is 2.92 bits per heavy atom. The Bertz CT molecular complexity index is 883. The maximum atomic E-state index is 12.4. The van der Waals surface area contributed by atoms with Gasteiger partial charge in [0.25, 0.3) is 5.91 Å². The summed E-state index contributed by atoms with van der Waals surface area (Å²) in [6.07, 6.45) is 2.48. The number of halogens is 1. The molecule has 2 aromatic heterocycles. The average Bonchev–Trinajstić information content (AvgIpc) is 3.22. The van der Waals surface area contributed by atoms with Crippen molar-refractivity contribution in [3.8, 4) is 11.3 Å². The molecular weight excluding hydrogens is 344 g/mol. The van der Waals surface area contributed by atoms with Crippen LogP contribution in [0.3, 0.4) is 0 Å². The van der Waals surface area contributed by atoms with Gasteiger partial charge in [0.05, 0.1) is 0 Å². The monoisotopic (exact) mass is 358 g/mol. The largest absolute Gasteiger partial charge is 0.355 e. The Morgan fingerprint density at radius 2 is 2.08 bits per heavy atom. The number of carbonyl (C=O) groups is 1. The van der Waals surface area contributed by atoms with Crippen molar-refractivity contribution >= 4 is 28.8 Å². The van der Waals surface area contributed by atoms with Crippen LogP contribution in [0, 0.1) is 0 Å². The zero-order chi connectivity index (χ0) is 16.5. The van der Waals surface area contributed by atoms with Crippen molar-refractivity contribution < 1.29 is 9.32 Å². The third-order valence-corrected chi connectivity index (χ3v) is 5.44. The lowest BCUT2D eigenvalue weighted by molar-refractivity contribution is 0.0944. The van der Waals surface area contributed by atoms with Gasteiger partial charge < -0.3 is 9.84 Å². The first-order valence-corrected chi connectivity index (χ1v) is 9.06. The SMILES string of the molecule is O=C(NCCc1ccc(Cl)cc1)c1noc2c1CCc1sccc1-2. The highest BCUT2D eigenvalue weighted by Gasteiger charge is 2.27. The first kappa shape index (κ1) is 15.4. The number of thiophene rings is 1. The minimum atomic E-state index is -0.173. The molecule has 0 radical (unpaired) electrons. The molecule has 1 aliphatic carbocycles. The molecule has 1 amide bonds. The number of rotatable bonds is 4. The van der Waals surface area contributed by atoms with Gasteiger partial charge in [0.2, 0.25) is 0 Å². The molecule has 3 aromatic rings. The second-order valence-corrected chi connectivity index (χ2v) is 7.17. The molecule has 24 heavy (non-hydrogen) atoms. The zero-order valence-electron chi connectivity index (χ0n) is 12.8. The normalized spacial score (nSPS) is 12.5. The molecule has 0 fully saturated rings. The summed E-state index contributed by atoms with van der Waals surface area (Å²) in [6.45, 7) is 0.547. The molecule has 0 atom stereocenters. The third-order valence-electron chi connectivity index (χ3n) is 4.21. The van der Waals surface area contributed by atoms with E-state index in [9.17, 15) is 4.79 Å². The molecule has 4 nitrogen and oxygen atoms in total. The van der Waals surface area contributed by atoms with E-state index in [-0.39, 0.29) is 5.91 Å². The van der Waals surface area contributed by atoms with Crippen LogP contribution in [0.1, 0.15) is 26.5 Å². The first-order valence-electron chi connectivity index (χ1n) is 7.80. The molecule has 0 spiro atoms. The summed E-state index contributed by atoms with van der Waals surface area (Å²) in [4.78, 5) is 13.7. The van der Waals surface area contributed by atoms with Crippen LogP contribution < -0.4 is 5.32 Å². The topological polar surface area (TPSA) is 55.1 Å². The van der Waals surface area contributed by atoms with Crippen molar-refractivity contribution in [1.29, 1.82) is 0 Å². The average molecular weight is 359 g/mol. The van der Waals surface area contributed by atoms with Gasteiger partial charge in [-0.3, -0.25) is 4.79 Å². The lowest BCUT2D eigenvalue weighted by atomic mass is 9.95. The van der Waals surface area contributed by atoms with Crippen molar-refractivity contribution in [3.05, 3.63) is 62.4 Å². The smallest absolute Gasteiger partial charge is 0.273 e. The van der Waals surface area contributed by atoms with Crippen LogP contribution in [0.25, 0.3) is 11.3 Å². The lowest BCUT2D eigenvalue weighted by Crippen LogP contribution is -2.27. The zero-order valence-corrected chi connectivity index (χ0v) is 14.4. The van der Waals surface area contributed by atoms with Gasteiger partial charge in [0, 0.05) is 27.6 Å². The molecule has 1 N–H and O–H groups in total. The summed E-state index contributed by atoms with van der Waals surface area (Å²) in [5.74, 6) is 0.577. The maximum absolute atomic E-state index is 12.4. The van der Waals surface area contributed by atoms with E-state index < -0.39 is 0 Å². The van der Waals surface area contributed by atoms with Gasteiger partial charge in [-0.05, 0) is 48.4 Å². The molecule has 2 heterocycles. The van der Waals surface area contributed by atoms with E-state index in [1.807, 2.05) is 35.7 Å². The fraction of sp³-hybridized carbons (Fsp3) is 0.222. The van der Waals surface area contributed by atoms with Crippen LogP contribution in [-0.2, 0) is 19.3 Å². The standard InChI is InChI=1S/C18H15ClN2O2S/c19-12-3-1-11(2-4-12)7-9-20-18(22)16-14-5-6-15-13(8-10-24-15)17(14)23-21-16/h1-4,8,10H,5-7,9H2,(H,20,22). The first-order chi connectivity index (χ1) is 11.7. The summed E-state index contributed by atoms with van der Waals surface area (Å²) < 4.78 is 5.45. The Balaban J connectivity index is 1.44. The summed E-state index contributed by atoms with van der Waals surface area (Å²) in [5.41, 5.74) is 3.54. The van der Waals surface area contributed by atoms with Gasteiger partial charge in [-0.2, -0.15) is 0 Å². The molecule has 1 aromatic carbocycles. The number of nitrogens with one attached hydrogen (secondary N) is 1. The van der Waals surface area contributed by atoms with Gasteiger partial charge >= 0.3 is 0 Å². The Hall–Kier alpha value is -2.11. The molecule has 0 bridgehead atoms. The molecule has 1 aliphatic rings. The highest BCUT2D eigenvalue weighted by Crippen LogP contribution is 2.37. The lowest BCUT2D eigenvalue weighted by Gasteiger charge is -2.10. The molecule has 4 rings (SSSR count). The van der Waals surface area contributed by atoms with E-state index >= 15 is 0 Å². The van der Waals surface area contributed by atoms with Crippen LogP contribution in [0.5, 0.6) is 0 Å². The van der Waals surface area contributed by atoms with Crippen LogP contribution >= 0.6 is 22.9 Å². The van der Waals surface area contributed by atoms with Gasteiger partial charge in [-0.25, -0.2) is 0 Å². The van der Waals surface area contributed by atoms with Crippen molar-refractivity contribution in [2.24, 2.45) is 0 Å². The molecule has 122 valence electrons. The molecule has 0 saturated carbocycles. The van der Waals surface area contributed by atoms with E-state index in [0.717, 1.165) is 41.7 Å². The van der Waals surface area contributed by atoms with E-state index in [4.69, 9.17) is 16.1 Å². The number of amides is 1. The minimum absolute atomic E-state index is 0.173. The second kappa shape index (κ2) is 6.42. The van der Waals surface area contributed by atoms with E-state index in [1.54, 1.807) is 11.3 Å². The fourth-order valence-corrected chi connectivity index (χ4v) is 3.96. The number of hydrogen-bond donors (Lipinski definition) is 1. The minimum Gasteiger partial charge on any atom is -0.355 e. The Kier molecular flexibility index (Phi) is 4.12. The van der Waals surface area contributed by atoms with E-state index in [0.29, 0.717) is 17.3 Å². The summed E-state index contributed by atoms with van der Waals surface area (Å²) in [6, 6.07) is 9.66. The van der Waals surface area contributed by atoms with Gasteiger partial charge in [-0.15, -0.1) is 11.3 Å². The Labute approximate surface area is 148 Å². The third kappa shape index (κ3) is 2.85. The highest BCUT2D eigenvalue weighted by molar-refractivity contribution is 7.10. The summed E-state index contributed by atoms with van der Waals surface area (Å²) in [5, 5.41) is 9.70. The van der Waals surface area contributed by atoms with Gasteiger partial charge in [0.1, 0.15) is 0 Å². The van der Waals surface area contributed by atoms with Crippen molar-refractivity contribution in [1.82, 2.24) is 10.5 Å². The number of aryl methyl sites for hydroxylation is 1. The maximum Gasteiger partial charge on any atom is 0.273 e. The van der Waals surface area contributed by atoms with Crippen LogP contribution in [-0.4, -0.2) is 17.6 Å². The predicted octanol–water partition coefficient (Wildman–Crippen LogP) is 4.13. The van der Waals surface area contributed by atoms with Crippen LogP contribution in [0.4, 0.5) is 0 Å². The molecule has 0 aliphatic heterocycles. The highest BCUT2D eigenvalue weighted by atomic mass is 35.5. The summed E-state index contributed by atoms with van der Waals surface area (Å²) >= 11 is 7.59. The van der Waals surface area contributed by atoms with Crippen LogP contribution in [0.2, 0.25) is 5.02 Å². The molecule has 0 saturated heterocycles. The number of fused-ring (bicyclic) bond motifs is 3. The quantitative estimate of drug-likeness (QED) is 0.763. The Morgan fingerprint density at radius 1 is 1.25 bits per heavy atom. The summed E-state index contributed by atoms with van der Waals surface area (Å²) in [7, 11) is 0. The number of nitrogens with zero attached hydrogens (tertiary/aromatic N) is 1. The second-order valence-electron chi connectivity index (χ2n) is 5.73. The van der Waals surface area contributed by atoms with Crippen molar-refractivity contribution in [3.63, 3.8) is 0 Å². The van der Waals surface area contributed by atoms with Crippen molar-refractivity contribution in [2.45, 2.75) is 19.3 Å². The number of benzene rings is 1. The molecular formula is C18H15ClN2O2S. The molecule has 0 unspecified atom stereocenters. The number of carbonyl (C=O) groups excluding carboxylic acids is 1. The van der Waals surface area contributed by atoms with Crippen LogP contribution in [0.15, 0.2) is 40.2 Å². The number of aromatic nitrogens is 1. The molecule has 6 heteroatoms. The predicted molar refractivity (Wildman–Crippen MR) is 94.7 cm³/mol. The van der Waals surface area contributed by atoms with E-state index in [2.05, 4.69) is 10.5 Å². The van der Waals surface area contributed by atoms with Crippen molar-refractivity contribution in [2.75, 3.05) is 6.54 Å². The van der Waals surface area contributed by atoms with Gasteiger partial charge in [-0.1, -0.05) is 28.9 Å². The number of hydrogen-bond acceptors (Lipinski definition) is 4. The fourth-order valence-electron chi connectivity index (χ4n) is 2.96. The van der Waals surface area contributed by atoms with Gasteiger partial charge in [0.15, 0.2) is 11.5 Å².